The molecule has 0 saturated heterocycles. The van der Waals surface area contributed by atoms with Crippen molar-refractivity contribution >= 4 is 0 Å². The third-order valence-corrected chi connectivity index (χ3v) is 2.81. The number of hydrogen-bond acceptors (Lipinski definition) is 4. The van der Waals surface area contributed by atoms with Gasteiger partial charge in [-0.05, 0) is 18.2 Å². The van der Waals surface area contributed by atoms with E-state index in [-0.39, 0.29) is 6.54 Å². The molecule has 0 aliphatic carbocycles. The number of alkyl halides is 4. The van der Waals surface area contributed by atoms with E-state index >= 15 is 0 Å². The van der Waals surface area contributed by atoms with Gasteiger partial charge in [0.05, 0.1) is 26.9 Å². The van der Waals surface area contributed by atoms with Gasteiger partial charge in [-0.2, -0.15) is 8.78 Å². The Bertz CT molecular complexity index is 457. The zero-order chi connectivity index (χ0) is 16.0. The predicted octanol–water partition coefficient (Wildman–Crippen LogP) is 2.23. The fourth-order valence-electron chi connectivity index (χ4n) is 1.66. The Hall–Kier alpha value is -1.54. The van der Waals surface area contributed by atoms with Crippen LogP contribution in [0.4, 0.5) is 17.6 Å². The van der Waals surface area contributed by atoms with E-state index in [1.165, 1.54) is 20.3 Å². The van der Waals surface area contributed by atoms with Crippen molar-refractivity contribution in [2.45, 2.75) is 18.5 Å². The zero-order valence-corrected chi connectivity index (χ0v) is 11.6. The smallest absolute Gasteiger partial charge is 0.319 e. The summed E-state index contributed by atoms with van der Waals surface area (Å²) in [6.07, 6.45) is -4.96. The van der Waals surface area contributed by atoms with Gasteiger partial charge < -0.3 is 19.9 Å². The summed E-state index contributed by atoms with van der Waals surface area (Å²) >= 11 is 0. The lowest BCUT2D eigenvalue weighted by Crippen LogP contribution is -2.40. The number of halogens is 4. The molecular weight excluding hydrogens is 294 g/mol. The highest BCUT2D eigenvalue weighted by molar-refractivity contribution is 5.41. The Morgan fingerprint density at radius 3 is 2.43 bits per heavy atom. The van der Waals surface area contributed by atoms with Crippen LogP contribution >= 0.6 is 0 Å². The minimum absolute atomic E-state index is 0.310. The Balaban J connectivity index is 2.69. The van der Waals surface area contributed by atoms with Gasteiger partial charge in [-0.1, -0.05) is 0 Å². The van der Waals surface area contributed by atoms with Gasteiger partial charge in [0.2, 0.25) is 0 Å². The molecule has 8 heteroatoms. The van der Waals surface area contributed by atoms with Crippen molar-refractivity contribution in [2.24, 2.45) is 0 Å². The number of aliphatic hydroxyl groups excluding tert-OH is 1. The summed E-state index contributed by atoms with van der Waals surface area (Å²) in [4.78, 5) is 0. The van der Waals surface area contributed by atoms with Crippen LogP contribution in [0.1, 0.15) is 11.7 Å². The summed E-state index contributed by atoms with van der Waals surface area (Å²) in [7, 11) is 2.82. The minimum atomic E-state index is -4.14. The fourth-order valence-corrected chi connectivity index (χ4v) is 1.66. The molecule has 0 amide bonds. The lowest BCUT2D eigenvalue weighted by Gasteiger charge is -2.19. The number of nitrogens with one attached hydrogen (secondary N) is 1. The molecule has 2 N–H and O–H groups in total. The standard InChI is InChI=1S/C13H17F4NO3/c1-20-8-3-4-11(21-2)9(5-8)10(19)6-18-7-13(16,17)12(14)15/h3-5,10,12,18-19H,6-7H2,1-2H3. The minimum Gasteiger partial charge on any atom is -0.497 e. The first-order chi connectivity index (χ1) is 9.81. The van der Waals surface area contributed by atoms with E-state index in [2.05, 4.69) is 5.32 Å². The summed E-state index contributed by atoms with van der Waals surface area (Å²) in [6.45, 7) is -1.56. The number of rotatable bonds is 8. The molecule has 0 aromatic heterocycles. The molecule has 0 aliphatic heterocycles. The van der Waals surface area contributed by atoms with Gasteiger partial charge in [0.25, 0.3) is 0 Å². The SMILES string of the molecule is COc1ccc(OC)c(C(O)CNCC(F)(F)C(F)F)c1. The molecule has 120 valence electrons. The Morgan fingerprint density at radius 1 is 1.24 bits per heavy atom. The van der Waals surface area contributed by atoms with Gasteiger partial charge >= 0.3 is 12.3 Å². The van der Waals surface area contributed by atoms with E-state index in [9.17, 15) is 22.7 Å². The van der Waals surface area contributed by atoms with Crippen molar-refractivity contribution in [3.8, 4) is 11.5 Å². The largest absolute Gasteiger partial charge is 0.497 e. The number of benzene rings is 1. The predicted molar refractivity (Wildman–Crippen MR) is 68.3 cm³/mol. The first kappa shape index (κ1) is 17.5. The highest BCUT2D eigenvalue weighted by Gasteiger charge is 2.40. The van der Waals surface area contributed by atoms with Crippen molar-refractivity contribution < 1.29 is 32.1 Å². The van der Waals surface area contributed by atoms with E-state index in [4.69, 9.17) is 9.47 Å². The first-order valence-corrected chi connectivity index (χ1v) is 6.08. The molecular formula is C13H17F4NO3. The Morgan fingerprint density at radius 2 is 1.90 bits per heavy atom. The molecule has 0 radical (unpaired) electrons. The first-order valence-electron chi connectivity index (χ1n) is 6.08. The van der Waals surface area contributed by atoms with Gasteiger partial charge in [0, 0.05) is 12.1 Å². The quantitative estimate of drug-likeness (QED) is 0.723. The molecule has 0 bridgehead atoms. The monoisotopic (exact) mass is 311 g/mol. The van der Waals surface area contributed by atoms with Crippen LogP contribution in [0.3, 0.4) is 0 Å². The van der Waals surface area contributed by atoms with Crippen molar-refractivity contribution in [3.05, 3.63) is 23.8 Å². The van der Waals surface area contributed by atoms with Crippen molar-refractivity contribution in [3.63, 3.8) is 0 Å². The highest BCUT2D eigenvalue weighted by atomic mass is 19.3. The average molecular weight is 311 g/mol. The molecule has 1 aromatic rings. The van der Waals surface area contributed by atoms with Crippen LogP contribution in [-0.2, 0) is 0 Å². The van der Waals surface area contributed by atoms with E-state index in [0.29, 0.717) is 17.1 Å². The molecule has 0 spiro atoms. The van der Waals surface area contributed by atoms with Crippen LogP contribution in [0.2, 0.25) is 0 Å². The van der Waals surface area contributed by atoms with Crippen molar-refractivity contribution in [2.75, 3.05) is 27.3 Å². The molecule has 0 heterocycles. The number of ether oxygens (including phenoxy) is 2. The van der Waals surface area contributed by atoms with Gasteiger partial charge in [0.15, 0.2) is 0 Å². The average Bonchev–Trinajstić information content (AvgIpc) is 2.45. The molecule has 0 aliphatic rings. The topological polar surface area (TPSA) is 50.7 Å². The molecule has 21 heavy (non-hydrogen) atoms. The lowest BCUT2D eigenvalue weighted by molar-refractivity contribution is -0.125. The van der Waals surface area contributed by atoms with Crippen LogP contribution in [0.5, 0.6) is 11.5 Å². The summed E-state index contributed by atoms with van der Waals surface area (Å²) in [5, 5.41) is 12.1. The summed E-state index contributed by atoms with van der Waals surface area (Å²) in [6, 6.07) is 4.63. The third-order valence-electron chi connectivity index (χ3n) is 2.81. The molecule has 0 fully saturated rings. The number of hydrogen-bond donors (Lipinski definition) is 2. The van der Waals surface area contributed by atoms with Crippen LogP contribution in [-0.4, -0.2) is 44.8 Å². The van der Waals surface area contributed by atoms with E-state index < -0.39 is 25.0 Å². The second-order valence-electron chi connectivity index (χ2n) is 4.32. The normalized spacial score (nSPS) is 13.3. The fraction of sp³-hybridized carbons (Fsp3) is 0.538. The summed E-state index contributed by atoms with van der Waals surface area (Å²) < 4.78 is 59.5. The maximum absolute atomic E-state index is 12.7. The second-order valence-corrected chi connectivity index (χ2v) is 4.32. The Labute approximate surface area is 119 Å². The number of methoxy groups -OCH3 is 2. The maximum atomic E-state index is 12.7. The maximum Gasteiger partial charge on any atom is 0.319 e. The zero-order valence-electron chi connectivity index (χ0n) is 11.6. The van der Waals surface area contributed by atoms with Crippen LogP contribution < -0.4 is 14.8 Å². The van der Waals surface area contributed by atoms with Crippen LogP contribution in [0.15, 0.2) is 18.2 Å². The lowest BCUT2D eigenvalue weighted by atomic mass is 10.1. The van der Waals surface area contributed by atoms with E-state index in [1.54, 1.807) is 12.1 Å². The third kappa shape index (κ3) is 4.75. The molecule has 1 atom stereocenters. The van der Waals surface area contributed by atoms with Crippen molar-refractivity contribution in [1.29, 1.82) is 0 Å². The van der Waals surface area contributed by atoms with Crippen molar-refractivity contribution in [1.82, 2.24) is 5.32 Å². The van der Waals surface area contributed by atoms with Gasteiger partial charge in [-0.15, -0.1) is 0 Å². The molecule has 1 rings (SSSR count). The van der Waals surface area contributed by atoms with Gasteiger partial charge in [-0.3, -0.25) is 0 Å². The van der Waals surface area contributed by atoms with Crippen LogP contribution in [0, 0.1) is 0 Å². The van der Waals surface area contributed by atoms with Crippen LogP contribution in [0.25, 0.3) is 0 Å². The molecule has 0 saturated carbocycles. The molecule has 4 nitrogen and oxygen atoms in total. The van der Waals surface area contributed by atoms with Gasteiger partial charge in [0.1, 0.15) is 11.5 Å². The summed E-state index contributed by atoms with van der Waals surface area (Å²) in [5.74, 6) is -3.36. The Kier molecular flexibility index (Phi) is 6.22. The summed E-state index contributed by atoms with van der Waals surface area (Å²) in [5.41, 5.74) is 0.310. The number of aliphatic hydroxyl groups is 1. The van der Waals surface area contributed by atoms with E-state index in [0.717, 1.165) is 0 Å². The van der Waals surface area contributed by atoms with E-state index in [1.807, 2.05) is 0 Å². The highest BCUT2D eigenvalue weighted by Crippen LogP contribution is 2.29. The molecule has 1 unspecified atom stereocenters. The molecule has 1 aromatic carbocycles. The van der Waals surface area contributed by atoms with Gasteiger partial charge in [-0.25, -0.2) is 8.78 Å². The second kappa shape index (κ2) is 7.46.